The van der Waals surface area contributed by atoms with Crippen LogP contribution in [0.25, 0.3) is 0 Å². The summed E-state index contributed by atoms with van der Waals surface area (Å²) in [4.78, 5) is 19.9. The fraction of sp³-hybridized carbons (Fsp3) is 0.538. The highest BCUT2D eigenvalue weighted by Crippen LogP contribution is 2.24. The maximum Gasteiger partial charge on any atom is 0.317 e. The Labute approximate surface area is 112 Å². The third-order valence-electron chi connectivity index (χ3n) is 4.02. The van der Waals surface area contributed by atoms with E-state index in [9.17, 15) is 4.79 Å². The van der Waals surface area contributed by atoms with Crippen LogP contribution in [0.4, 0.5) is 4.79 Å². The zero-order valence-corrected chi connectivity index (χ0v) is 10.8. The second kappa shape index (κ2) is 5.14. The average molecular weight is 261 g/mol. The molecule has 0 bridgehead atoms. The van der Waals surface area contributed by atoms with Crippen molar-refractivity contribution in [3.8, 4) is 0 Å². The first-order valence-corrected chi connectivity index (χ1v) is 6.68. The van der Waals surface area contributed by atoms with Crippen LogP contribution in [-0.2, 0) is 0 Å². The maximum absolute atomic E-state index is 11.6. The quantitative estimate of drug-likeness (QED) is 0.789. The summed E-state index contributed by atoms with van der Waals surface area (Å²) in [6.07, 6.45) is 3.60. The van der Waals surface area contributed by atoms with Crippen molar-refractivity contribution in [3.63, 3.8) is 0 Å². The Morgan fingerprint density at radius 1 is 1.42 bits per heavy atom. The molecule has 0 radical (unpaired) electrons. The van der Waals surface area contributed by atoms with Crippen LogP contribution >= 0.6 is 0 Å². The minimum atomic E-state index is 0.0675. The van der Waals surface area contributed by atoms with E-state index in [1.54, 1.807) is 12.4 Å². The first kappa shape index (κ1) is 12.4. The van der Waals surface area contributed by atoms with Crippen LogP contribution in [0.15, 0.2) is 24.5 Å². The van der Waals surface area contributed by atoms with Crippen molar-refractivity contribution in [1.29, 1.82) is 0 Å². The Bertz CT molecular complexity index is 452. The molecule has 2 atom stereocenters. The molecule has 2 aliphatic rings. The molecule has 3 N–H and O–H groups in total. The van der Waals surface area contributed by atoms with E-state index in [-0.39, 0.29) is 18.1 Å². The lowest BCUT2D eigenvalue weighted by atomic mass is 10.0. The zero-order valence-electron chi connectivity index (χ0n) is 10.8. The summed E-state index contributed by atoms with van der Waals surface area (Å²) in [6, 6.07) is 4.58. The van der Waals surface area contributed by atoms with Crippen molar-refractivity contribution < 1.29 is 4.79 Å². The predicted octanol–water partition coefficient (Wildman–Crippen LogP) is -0.209. The Hall–Kier alpha value is -1.66. The summed E-state index contributed by atoms with van der Waals surface area (Å²) in [5.41, 5.74) is 7.14. The molecule has 2 saturated heterocycles. The molecule has 3 rings (SSSR count). The summed E-state index contributed by atoms with van der Waals surface area (Å²) in [5.74, 6) is 0. The molecule has 3 heterocycles. The Morgan fingerprint density at radius 3 is 2.95 bits per heavy atom. The van der Waals surface area contributed by atoms with Crippen LogP contribution in [0.1, 0.15) is 11.6 Å². The topological polar surface area (TPSA) is 74.5 Å². The van der Waals surface area contributed by atoms with Gasteiger partial charge in [-0.1, -0.05) is 0 Å². The zero-order chi connectivity index (χ0) is 13.2. The highest BCUT2D eigenvalue weighted by molar-refractivity contribution is 5.77. The average Bonchev–Trinajstić information content (AvgIpc) is 2.82. The van der Waals surface area contributed by atoms with Gasteiger partial charge in [0.25, 0.3) is 0 Å². The molecule has 0 aromatic carbocycles. The van der Waals surface area contributed by atoms with Crippen molar-refractivity contribution in [2.45, 2.75) is 12.1 Å². The second-order valence-electron chi connectivity index (χ2n) is 5.06. The number of rotatable bonds is 3. The molecule has 102 valence electrons. The molecule has 2 aliphatic heterocycles. The van der Waals surface area contributed by atoms with Gasteiger partial charge in [-0.3, -0.25) is 9.88 Å². The van der Waals surface area contributed by atoms with Crippen molar-refractivity contribution in [2.75, 3.05) is 32.7 Å². The summed E-state index contributed by atoms with van der Waals surface area (Å²) in [6.45, 7) is 3.84. The van der Waals surface area contributed by atoms with E-state index in [0.29, 0.717) is 6.54 Å². The van der Waals surface area contributed by atoms with Crippen LogP contribution in [0.3, 0.4) is 0 Å². The Balaban J connectivity index is 1.74. The van der Waals surface area contributed by atoms with E-state index >= 15 is 0 Å². The van der Waals surface area contributed by atoms with Gasteiger partial charge in [-0.25, -0.2) is 4.79 Å². The number of hydrogen-bond acceptors (Lipinski definition) is 4. The van der Waals surface area contributed by atoms with E-state index in [1.807, 2.05) is 17.0 Å². The number of hydrogen-bond donors (Lipinski definition) is 2. The van der Waals surface area contributed by atoms with E-state index in [0.717, 1.165) is 26.2 Å². The molecule has 6 nitrogen and oxygen atoms in total. The lowest BCUT2D eigenvalue weighted by Crippen LogP contribution is -2.53. The molecule has 0 saturated carbocycles. The SMILES string of the molecule is NCC(c1ccncc1)N1CCN2C(=O)NCC2C1. The van der Waals surface area contributed by atoms with E-state index < -0.39 is 0 Å². The van der Waals surface area contributed by atoms with Crippen molar-refractivity contribution in [1.82, 2.24) is 20.1 Å². The number of urea groups is 1. The summed E-state index contributed by atoms with van der Waals surface area (Å²) in [7, 11) is 0. The first-order chi connectivity index (χ1) is 9.29. The number of aromatic nitrogens is 1. The fourth-order valence-corrected chi connectivity index (χ4v) is 2.99. The van der Waals surface area contributed by atoms with Gasteiger partial charge in [0.2, 0.25) is 0 Å². The number of carbonyl (C=O) groups is 1. The molecule has 0 spiro atoms. The number of amides is 2. The van der Waals surface area contributed by atoms with Crippen molar-refractivity contribution in [3.05, 3.63) is 30.1 Å². The lowest BCUT2D eigenvalue weighted by Gasteiger charge is -2.40. The Kier molecular flexibility index (Phi) is 3.35. The van der Waals surface area contributed by atoms with Gasteiger partial charge in [0.15, 0.2) is 0 Å². The minimum Gasteiger partial charge on any atom is -0.336 e. The Morgan fingerprint density at radius 2 is 2.21 bits per heavy atom. The summed E-state index contributed by atoms with van der Waals surface area (Å²) in [5, 5.41) is 2.90. The van der Waals surface area contributed by atoms with E-state index in [2.05, 4.69) is 15.2 Å². The number of nitrogens with zero attached hydrogens (tertiary/aromatic N) is 3. The smallest absolute Gasteiger partial charge is 0.317 e. The van der Waals surface area contributed by atoms with Gasteiger partial charge in [-0.2, -0.15) is 0 Å². The van der Waals surface area contributed by atoms with Crippen LogP contribution in [0.5, 0.6) is 0 Å². The highest BCUT2D eigenvalue weighted by atomic mass is 16.2. The molecule has 6 heteroatoms. The normalized spacial score (nSPS) is 25.0. The molecular formula is C13H19N5O. The molecule has 2 amide bonds. The molecule has 1 aromatic heterocycles. The fourth-order valence-electron chi connectivity index (χ4n) is 2.99. The minimum absolute atomic E-state index is 0.0675. The lowest BCUT2D eigenvalue weighted by molar-refractivity contribution is 0.0904. The van der Waals surface area contributed by atoms with Gasteiger partial charge in [0, 0.05) is 51.2 Å². The third-order valence-corrected chi connectivity index (χ3v) is 4.02. The summed E-state index contributed by atoms with van der Waals surface area (Å²) < 4.78 is 0. The van der Waals surface area contributed by atoms with Gasteiger partial charge in [-0.15, -0.1) is 0 Å². The van der Waals surface area contributed by atoms with Crippen LogP contribution in [0, 0.1) is 0 Å². The summed E-state index contributed by atoms with van der Waals surface area (Å²) >= 11 is 0. The number of carbonyl (C=O) groups excluding carboxylic acids is 1. The van der Waals surface area contributed by atoms with Crippen molar-refractivity contribution >= 4 is 6.03 Å². The van der Waals surface area contributed by atoms with Crippen LogP contribution in [0.2, 0.25) is 0 Å². The van der Waals surface area contributed by atoms with Gasteiger partial charge >= 0.3 is 6.03 Å². The number of pyridine rings is 1. The first-order valence-electron chi connectivity index (χ1n) is 6.68. The number of nitrogens with one attached hydrogen (secondary N) is 1. The van der Waals surface area contributed by atoms with Gasteiger partial charge in [0.05, 0.1) is 6.04 Å². The predicted molar refractivity (Wildman–Crippen MR) is 71.5 cm³/mol. The van der Waals surface area contributed by atoms with Crippen LogP contribution < -0.4 is 11.1 Å². The highest BCUT2D eigenvalue weighted by Gasteiger charge is 2.37. The largest absolute Gasteiger partial charge is 0.336 e. The van der Waals surface area contributed by atoms with Crippen molar-refractivity contribution in [2.24, 2.45) is 5.73 Å². The molecule has 2 fully saturated rings. The van der Waals surface area contributed by atoms with E-state index in [4.69, 9.17) is 5.73 Å². The molecule has 19 heavy (non-hydrogen) atoms. The maximum atomic E-state index is 11.6. The molecule has 0 aliphatic carbocycles. The standard InChI is InChI=1S/C13H19N5O/c14-7-12(10-1-3-15-4-2-10)17-5-6-18-11(9-17)8-16-13(18)19/h1-4,11-12H,5-9,14H2,(H,16,19). The number of piperazine rings is 1. The molecular weight excluding hydrogens is 242 g/mol. The van der Waals surface area contributed by atoms with Gasteiger partial charge in [-0.05, 0) is 17.7 Å². The monoisotopic (exact) mass is 261 g/mol. The van der Waals surface area contributed by atoms with E-state index in [1.165, 1.54) is 5.56 Å². The van der Waals surface area contributed by atoms with Gasteiger partial charge in [0.1, 0.15) is 0 Å². The van der Waals surface area contributed by atoms with Crippen LogP contribution in [-0.4, -0.2) is 59.6 Å². The van der Waals surface area contributed by atoms with Gasteiger partial charge < -0.3 is 16.0 Å². The number of fused-ring (bicyclic) bond motifs is 1. The second-order valence-corrected chi connectivity index (χ2v) is 5.06. The molecule has 1 aromatic rings. The number of nitrogens with two attached hydrogens (primary N) is 1. The molecule has 2 unspecified atom stereocenters. The third kappa shape index (κ3) is 2.29.